The predicted molar refractivity (Wildman–Crippen MR) is 76.7 cm³/mol. The average Bonchev–Trinajstić information content (AvgIpc) is 2.86. The van der Waals surface area contributed by atoms with Gasteiger partial charge in [0, 0.05) is 44.7 Å². The highest BCUT2D eigenvalue weighted by atomic mass is 16.5. The molecule has 0 unspecified atom stereocenters. The Morgan fingerprint density at radius 3 is 2.86 bits per heavy atom. The Labute approximate surface area is 124 Å². The molecule has 2 aliphatic rings. The molecule has 0 aliphatic carbocycles. The van der Waals surface area contributed by atoms with Gasteiger partial charge in [0.1, 0.15) is 0 Å². The number of carbonyl (C=O) groups excluding carboxylic acids is 1. The van der Waals surface area contributed by atoms with Crippen molar-refractivity contribution in [1.82, 2.24) is 20.0 Å². The Morgan fingerprint density at radius 1 is 1.29 bits per heavy atom. The first-order valence-electron chi connectivity index (χ1n) is 7.54. The molecular formula is C14H22N4O3. The van der Waals surface area contributed by atoms with Gasteiger partial charge in [-0.05, 0) is 6.92 Å². The minimum absolute atomic E-state index is 0.119. The van der Waals surface area contributed by atoms with E-state index in [1.54, 1.807) is 4.68 Å². The third-order valence-corrected chi connectivity index (χ3v) is 3.92. The third-order valence-electron chi connectivity index (χ3n) is 3.92. The first-order valence-corrected chi connectivity index (χ1v) is 7.54. The van der Waals surface area contributed by atoms with Gasteiger partial charge in [0.2, 0.25) is 5.88 Å². The molecule has 116 valence electrons. The van der Waals surface area contributed by atoms with Crippen LogP contribution < -0.4 is 10.1 Å². The Morgan fingerprint density at radius 2 is 2.10 bits per heavy atom. The number of nitrogens with one attached hydrogen (secondary N) is 1. The highest BCUT2D eigenvalue weighted by Gasteiger charge is 2.23. The molecule has 1 N–H and O–H groups in total. The Balaban J connectivity index is 1.54. The summed E-state index contributed by atoms with van der Waals surface area (Å²) in [4.78, 5) is 14.5. The van der Waals surface area contributed by atoms with E-state index in [9.17, 15) is 4.79 Å². The summed E-state index contributed by atoms with van der Waals surface area (Å²) >= 11 is 0. The van der Waals surface area contributed by atoms with Crippen LogP contribution in [-0.2, 0) is 11.3 Å². The third kappa shape index (κ3) is 3.19. The molecule has 1 fully saturated rings. The molecule has 1 aromatic rings. The summed E-state index contributed by atoms with van der Waals surface area (Å²) in [5.41, 5.74) is 1.31. The molecule has 0 saturated carbocycles. The van der Waals surface area contributed by atoms with Crippen LogP contribution in [0.1, 0.15) is 22.5 Å². The minimum Gasteiger partial charge on any atom is -0.478 e. The van der Waals surface area contributed by atoms with Crippen LogP contribution in [0.4, 0.5) is 0 Å². The van der Waals surface area contributed by atoms with E-state index in [-0.39, 0.29) is 5.91 Å². The summed E-state index contributed by atoms with van der Waals surface area (Å²) in [6.45, 7) is 8.29. The maximum Gasteiger partial charge on any atom is 0.272 e. The number of hydrogen-bond donors (Lipinski definition) is 1. The molecule has 0 aromatic carbocycles. The van der Waals surface area contributed by atoms with E-state index in [1.807, 2.05) is 6.92 Å². The van der Waals surface area contributed by atoms with E-state index in [1.165, 1.54) is 0 Å². The van der Waals surface area contributed by atoms with Gasteiger partial charge in [-0.2, -0.15) is 5.10 Å². The van der Waals surface area contributed by atoms with E-state index in [0.29, 0.717) is 18.8 Å². The van der Waals surface area contributed by atoms with Gasteiger partial charge in [-0.1, -0.05) is 0 Å². The lowest BCUT2D eigenvalue weighted by molar-refractivity contribution is 0.0383. The number of aryl methyl sites for hydroxylation is 1. The van der Waals surface area contributed by atoms with Crippen LogP contribution in [0.25, 0.3) is 0 Å². The number of fused-ring (bicyclic) bond motifs is 1. The molecule has 21 heavy (non-hydrogen) atoms. The van der Waals surface area contributed by atoms with E-state index in [2.05, 4.69) is 15.3 Å². The standard InChI is InChI=1S/C14H22N4O3/c1-11-12(16-18-4-2-8-21-14(11)18)13(19)15-3-5-17-6-9-20-10-7-17/h2-10H2,1H3,(H,15,19). The molecule has 1 saturated heterocycles. The first-order chi connectivity index (χ1) is 10.3. The van der Waals surface area contributed by atoms with Gasteiger partial charge in [-0.3, -0.25) is 9.69 Å². The maximum absolute atomic E-state index is 12.2. The van der Waals surface area contributed by atoms with E-state index < -0.39 is 0 Å². The first kappa shape index (κ1) is 14.3. The van der Waals surface area contributed by atoms with Crippen LogP contribution in [0.15, 0.2) is 0 Å². The maximum atomic E-state index is 12.2. The highest BCUT2D eigenvalue weighted by Crippen LogP contribution is 2.24. The monoisotopic (exact) mass is 294 g/mol. The SMILES string of the molecule is Cc1c(C(=O)NCCN2CCOCC2)nn2c1OCCC2. The Hall–Kier alpha value is -1.60. The van der Waals surface area contributed by atoms with Crippen molar-refractivity contribution in [3.05, 3.63) is 11.3 Å². The zero-order valence-electron chi connectivity index (χ0n) is 12.4. The van der Waals surface area contributed by atoms with Crippen LogP contribution in [-0.4, -0.2) is 66.6 Å². The summed E-state index contributed by atoms with van der Waals surface area (Å²) in [5, 5.41) is 7.31. The predicted octanol–water partition coefficient (Wildman–Crippen LogP) is 0.0360. The van der Waals surface area contributed by atoms with Crippen LogP contribution in [0.2, 0.25) is 0 Å². The summed E-state index contributed by atoms with van der Waals surface area (Å²) in [6.07, 6.45) is 0.937. The number of hydrogen-bond acceptors (Lipinski definition) is 5. The van der Waals surface area contributed by atoms with E-state index >= 15 is 0 Å². The number of aromatic nitrogens is 2. The molecular weight excluding hydrogens is 272 g/mol. The zero-order chi connectivity index (χ0) is 14.7. The second-order valence-electron chi connectivity index (χ2n) is 5.41. The van der Waals surface area contributed by atoms with Crippen molar-refractivity contribution >= 4 is 5.91 Å². The van der Waals surface area contributed by atoms with Crippen molar-refractivity contribution in [3.63, 3.8) is 0 Å². The topological polar surface area (TPSA) is 68.6 Å². The van der Waals surface area contributed by atoms with Crippen molar-refractivity contribution in [1.29, 1.82) is 0 Å². The summed E-state index contributed by atoms with van der Waals surface area (Å²) < 4.78 is 12.7. The average molecular weight is 294 g/mol. The highest BCUT2D eigenvalue weighted by molar-refractivity contribution is 5.94. The van der Waals surface area contributed by atoms with Gasteiger partial charge in [0.25, 0.3) is 5.91 Å². The van der Waals surface area contributed by atoms with Crippen LogP contribution in [0.3, 0.4) is 0 Å². The quantitative estimate of drug-likeness (QED) is 0.849. The zero-order valence-corrected chi connectivity index (χ0v) is 12.4. The fourth-order valence-electron chi connectivity index (χ4n) is 2.71. The molecule has 1 amide bonds. The summed E-state index contributed by atoms with van der Waals surface area (Å²) in [5.74, 6) is 0.617. The summed E-state index contributed by atoms with van der Waals surface area (Å²) in [7, 11) is 0. The van der Waals surface area contributed by atoms with Gasteiger partial charge in [-0.15, -0.1) is 0 Å². The van der Waals surface area contributed by atoms with Crippen molar-refractivity contribution in [3.8, 4) is 5.88 Å². The van der Waals surface area contributed by atoms with Crippen molar-refractivity contribution in [2.24, 2.45) is 0 Å². The second-order valence-corrected chi connectivity index (χ2v) is 5.41. The number of nitrogens with zero attached hydrogens (tertiary/aromatic N) is 3. The van der Waals surface area contributed by atoms with Crippen molar-refractivity contribution < 1.29 is 14.3 Å². The fraction of sp³-hybridized carbons (Fsp3) is 0.714. The molecule has 0 bridgehead atoms. The molecule has 3 heterocycles. The van der Waals surface area contributed by atoms with E-state index in [4.69, 9.17) is 9.47 Å². The van der Waals surface area contributed by atoms with E-state index in [0.717, 1.165) is 57.3 Å². The molecule has 7 heteroatoms. The second kappa shape index (κ2) is 6.44. The van der Waals surface area contributed by atoms with Crippen LogP contribution in [0, 0.1) is 6.92 Å². The molecule has 2 aliphatic heterocycles. The molecule has 1 aromatic heterocycles. The van der Waals surface area contributed by atoms with Gasteiger partial charge in [0.05, 0.1) is 19.8 Å². The number of morpholine rings is 1. The van der Waals surface area contributed by atoms with Gasteiger partial charge < -0.3 is 14.8 Å². The molecule has 0 atom stereocenters. The lowest BCUT2D eigenvalue weighted by Gasteiger charge is -2.26. The number of carbonyl (C=O) groups is 1. The molecule has 0 radical (unpaired) electrons. The van der Waals surface area contributed by atoms with Gasteiger partial charge >= 0.3 is 0 Å². The number of amides is 1. The molecule has 0 spiro atoms. The van der Waals surface area contributed by atoms with Crippen molar-refractivity contribution in [2.45, 2.75) is 19.9 Å². The molecule has 3 rings (SSSR count). The van der Waals surface area contributed by atoms with Crippen molar-refractivity contribution in [2.75, 3.05) is 46.0 Å². The normalized spacial score (nSPS) is 18.9. The van der Waals surface area contributed by atoms with Gasteiger partial charge in [-0.25, -0.2) is 4.68 Å². The largest absolute Gasteiger partial charge is 0.478 e. The lowest BCUT2D eigenvalue weighted by atomic mass is 10.2. The number of rotatable bonds is 4. The Kier molecular flexibility index (Phi) is 4.40. The Bertz CT molecular complexity index is 509. The fourth-order valence-corrected chi connectivity index (χ4v) is 2.71. The van der Waals surface area contributed by atoms with Gasteiger partial charge in [0.15, 0.2) is 5.69 Å². The number of ether oxygens (including phenoxy) is 2. The lowest BCUT2D eigenvalue weighted by Crippen LogP contribution is -2.41. The van der Waals surface area contributed by atoms with Crippen LogP contribution >= 0.6 is 0 Å². The summed E-state index contributed by atoms with van der Waals surface area (Å²) in [6, 6.07) is 0. The molecule has 7 nitrogen and oxygen atoms in total. The minimum atomic E-state index is -0.119. The van der Waals surface area contributed by atoms with Crippen LogP contribution in [0.5, 0.6) is 5.88 Å². The smallest absolute Gasteiger partial charge is 0.272 e.